The third-order valence-electron chi connectivity index (χ3n) is 8.89. The van der Waals surface area contributed by atoms with E-state index in [1.165, 1.54) is 43.9 Å². The van der Waals surface area contributed by atoms with Crippen molar-refractivity contribution in [3.05, 3.63) is 107 Å². The van der Waals surface area contributed by atoms with Crippen LogP contribution in [0.5, 0.6) is 11.5 Å². The lowest BCUT2D eigenvalue weighted by molar-refractivity contribution is -0.276. The second-order valence-electron chi connectivity index (χ2n) is 12.3. The Hall–Kier alpha value is -4.29. The Labute approximate surface area is 280 Å². The Kier molecular flexibility index (Phi) is 11.0. The zero-order valence-corrected chi connectivity index (χ0v) is 26.6. The Morgan fingerprint density at radius 2 is 1.16 bits per heavy atom. The van der Waals surface area contributed by atoms with Crippen molar-refractivity contribution in [3.8, 4) is 33.8 Å². The molecule has 0 heterocycles. The highest BCUT2D eigenvalue weighted by Gasteiger charge is 2.42. The summed E-state index contributed by atoms with van der Waals surface area (Å²) >= 11 is 0. The molecule has 0 amide bonds. The minimum absolute atomic E-state index is 0.0860. The fourth-order valence-electron chi connectivity index (χ4n) is 6.42. The van der Waals surface area contributed by atoms with Gasteiger partial charge in [0.25, 0.3) is 0 Å². The van der Waals surface area contributed by atoms with Crippen molar-refractivity contribution in [1.29, 1.82) is 0 Å². The molecule has 1 fully saturated rings. The number of benzene rings is 4. The van der Waals surface area contributed by atoms with E-state index in [1.807, 2.05) is 0 Å². The van der Waals surface area contributed by atoms with Crippen LogP contribution in [-0.2, 0) is 6.11 Å². The standard InChI is InChI=1S/C37H31F11O2/c1-2-3-4-5-20-6-8-21(9-7-20)22-10-12-26(28(38)14-22)23-11-13-27(29(39)15-23)24-16-30(40)34(31(41)17-24)36(44,45)49-25-18-32(42)35(33(43)19-25)50-37(46,47)48/h10-21H,2-9H2,1H3. The van der Waals surface area contributed by atoms with E-state index < -0.39 is 75.6 Å². The van der Waals surface area contributed by atoms with Gasteiger partial charge in [-0.05, 0) is 78.5 Å². The minimum Gasteiger partial charge on any atom is -0.429 e. The van der Waals surface area contributed by atoms with Crippen molar-refractivity contribution in [2.75, 3.05) is 0 Å². The largest absolute Gasteiger partial charge is 0.573 e. The molecule has 0 aliphatic heterocycles. The van der Waals surface area contributed by atoms with E-state index in [9.17, 15) is 39.5 Å². The molecular weight excluding hydrogens is 685 g/mol. The lowest BCUT2D eigenvalue weighted by Gasteiger charge is -2.29. The first-order valence-corrected chi connectivity index (χ1v) is 16.0. The van der Waals surface area contributed by atoms with Gasteiger partial charge in [-0.2, -0.15) is 8.78 Å². The molecule has 13 heteroatoms. The summed E-state index contributed by atoms with van der Waals surface area (Å²) in [5.74, 6) is -12.2. The molecule has 0 unspecified atom stereocenters. The third-order valence-corrected chi connectivity index (χ3v) is 8.89. The smallest absolute Gasteiger partial charge is 0.429 e. The molecular formula is C37H31F11O2. The minimum atomic E-state index is -5.52. The van der Waals surface area contributed by atoms with Crippen LogP contribution in [0.2, 0.25) is 0 Å². The van der Waals surface area contributed by atoms with Crippen LogP contribution >= 0.6 is 0 Å². The molecule has 0 aromatic heterocycles. The Bertz CT molecular complexity index is 1780. The van der Waals surface area contributed by atoms with Crippen LogP contribution in [0.4, 0.5) is 48.3 Å². The summed E-state index contributed by atoms with van der Waals surface area (Å²) in [7, 11) is 0. The van der Waals surface area contributed by atoms with Gasteiger partial charge >= 0.3 is 12.5 Å². The number of ether oxygens (including phenoxy) is 2. The average Bonchev–Trinajstić information content (AvgIpc) is 3.02. The average molecular weight is 717 g/mol. The topological polar surface area (TPSA) is 18.5 Å². The number of hydrogen-bond acceptors (Lipinski definition) is 2. The Morgan fingerprint density at radius 1 is 0.600 bits per heavy atom. The monoisotopic (exact) mass is 716 g/mol. The van der Waals surface area contributed by atoms with Crippen molar-refractivity contribution in [2.45, 2.75) is 76.7 Å². The van der Waals surface area contributed by atoms with Gasteiger partial charge in [0.1, 0.15) is 34.6 Å². The van der Waals surface area contributed by atoms with Crippen molar-refractivity contribution >= 4 is 0 Å². The van der Waals surface area contributed by atoms with Crippen LogP contribution in [-0.4, -0.2) is 6.36 Å². The second-order valence-corrected chi connectivity index (χ2v) is 12.3. The highest BCUT2D eigenvalue weighted by molar-refractivity contribution is 5.72. The molecule has 0 bridgehead atoms. The maximum absolute atomic E-state index is 15.3. The summed E-state index contributed by atoms with van der Waals surface area (Å²) in [5.41, 5.74) is -1.90. The number of unbranched alkanes of at least 4 members (excludes halogenated alkanes) is 2. The first kappa shape index (κ1) is 37.0. The van der Waals surface area contributed by atoms with Crippen LogP contribution < -0.4 is 9.47 Å². The van der Waals surface area contributed by atoms with E-state index in [-0.39, 0.29) is 29.2 Å². The number of alkyl halides is 5. The molecule has 4 aromatic rings. The van der Waals surface area contributed by atoms with E-state index in [0.717, 1.165) is 43.4 Å². The maximum atomic E-state index is 15.3. The number of halogens is 11. The second kappa shape index (κ2) is 14.9. The highest BCUT2D eigenvalue weighted by Crippen LogP contribution is 2.41. The summed E-state index contributed by atoms with van der Waals surface area (Å²) in [5, 5.41) is 0. The normalized spacial score (nSPS) is 16.8. The summed E-state index contributed by atoms with van der Waals surface area (Å²) in [4.78, 5) is 0. The van der Waals surface area contributed by atoms with Gasteiger partial charge in [0.2, 0.25) is 5.75 Å². The van der Waals surface area contributed by atoms with E-state index in [1.54, 1.807) is 6.07 Å². The Balaban J connectivity index is 1.32. The van der Waals surface area contributed by atoms with Gasteiger partial charge in [0.15, 0.2) is 11.6 Å². The van der Waals surface area contributed by atoms with E-state index >= 15 is 8.78 Å². The van der Waals surface area contributed by atoms with E-state index in [2.05, 4.69) is 16.4 Å². The van der Waals surface area contributed by atoms with Crippen molar-refractivity contribution < 1.29 is 57.8 Å². The SMILES string of the molecule is CCCCCC1CCC(c2ccc(-c3ccc(-c4cc(F)c(C(F)(F)Oc5cc(F)c(OC(F)(F)F)c(F)c5)c(F)c4)c(F)c3)c(F)c2)CC1. The van der Waals surface area contributed by atoms with Gasteiger partial charge in [-0.25, -0.2) is 26.3 Å². The quantitative estimate of drug-likeness (QED) is 0.114. The highest BCUT2D eigenvalue weighted by atomic mass is 19.4. The van der Waals surface area contributed by atoms with Gasteiger partial charge < -0.3 is 9.47 Å². The zero-order valence-electron chi connectivity index (χ0n) is 26.6. The molecule has 0 N–H and O–H groups in total. The molecule has 0 saturated heterocycles. The van der Waals surface area contributed by atoms with Crippen LogP contribution in [0.25, 0.3) is 22.3 Å². The molecule has 1 saturated carbocycles. The van der Waals surface area contributed by atoms with Crippen LogP contribution in [0.15, 0.2) is 60.7 Å². The van der Waals surface area contributed by atoms with Gasteiger partial charge in [0.05, 0.1) is 0 Å². The van der Waals surface area contributed by atoms with Crippen LogP contribution in [0, 0.1) is 40.8 Å². The summed E-state index contributed by atoms with van der Waals surface area (Å²) in [6.45, 7) is 2.17. The summed E-state index contributed by atoms with van der Waals surface area (Å²) in [6.07, 6.45) is -1.60. The van der Waals surface area contributed by atoms with Gasteiger partial charge in [-0.1, -0.05) is 56.9 Å². The molecule has 268 valence electrons. The predicted octanol–water partition coefficient (Wildman–Crippen LogP) is 12.7. The fourth-order valence-corrected chi connectivity index (χ4v) is 6.42. The lowest BCUT2D eigenvalue weighted by Crippen LogP contribution is -2.25. The van der Waals surface area contributed by atoms with Crippen molar-refractivity contribution in [1.82, 2.24) is 0 Å². The Morgan fingerprint density at radius 3 is 1.72 bits per heavy atom. The first-order chi connectivity index (χ1) is 23.6. The summed E-state index contributed by atoms with van der Waals surface area (Å²) < 4.78 is 162. The molecule has 50 heavy (non-hydrogen) atoms. The first-order valence-electron chi connectivity index (χ1n) is 16.0. The van der Waals surface area contributed by atoms with Crippen LogP contribution in [0.1, 0.15) is 75.3 Å². The molecule has 4 aromatic carbocycles. The molecule has 0 atom stereocenters. The van der Waals surface area contributed by atoms with Crippen LogP contribution in [0.3, 0.4) is 0 Å². The summed E-state index contributed by atoms with van der Waals surface area (Å²) in [6, 6.07) is 8.63. The van der Waals surface area contributed by atoms with Gasteiger partial charge in [-0.15, -0.1) is 13.2 Å². The molecule has 0 radical (unpaired) electrons. The molecule has 5 rings (SSSR count). The molecule has 1 aliphatic carbocycles. The van der Waals surface area contributed by atoms with Crippen molar-refractivity contribution in [2.24, 2.45) is 5.92 Å². The fraction of sp³-hybridized carbons (Fsp3) is 0.351. The zero-order chi connectivity index (χ0) is 36.4. The number of rotatable bonds is 11. The van der Waals surface area contributed by atoms with Crippen molar-refractivity contribution in [3.63, 3.8) is 0 Å². The molecule has 1 aliphatic rings. The van der Waals surface area contributed by atoms with E-state index in [4.69, 9.17) is 0 Å². The van der Waals surface area contributed by atoms with E-state index in [0.29, 0.717) is 18.1 Å². The maximum Gasteiger partial charge on any atom is 0.573 e. The molecule has 2 nitrogen and oxygen atoms in total. The lowest BCUT2D eigenvalue weighted by atomic mass is 9.77. The molecule has 0 spiro atoms. The third kappa shape index (κ3) is 8.53. The van der Waals surface area contributed by atoms with Gasteiger partial charge in [-0.3, -0.25) is 0 Å². The predicted molar refractivity (Wildman–Crippen MR) is 164 cm³/mol. The number of hydrogen-bond donors (Lipinski definition) is 0. The van der Waals surface area contributed by atoms with Gasteiger partial charge in [0, 0.05) is 23.3 Å².